The average molecular weight is 429 g/mol. The van der Waals surface area contributed by atoms with Crippen LogP contribution in [-0.2, 0) is 26.2 Å². The van der Waals surface area contributed by atoms with Crippen LogP contribution in [0.2, 0.25) is 0 Å². The summed E-state index contributed by atoms with van der Waals surface area (Å²) in [5.41, 5.74) is 4.68. The Labute approximate surface area is 189 Å². The lowest BCUT2D eigenvalue weighted by Crippen LogP contribution is -2.46. The van der Waals surface area contributed by atoms with Crippen molar-refractivity contribution in [2.75, 3.05) is 7.11 Å². The van der Waals surface area contributed by atoms with E-state index in [0.29, 0.717) is 31.2 Å². The van der Waals surface area contributed by atoms with Crippen molar-refractivity contribution >= 4 is 23.1 Å². The molecular weight excluding hydrogens is 400 g/mol. The minimum atomic E-state index is -1.26. The summed E-state index contributed by atoms with van der Waals surface area (Å²) in [5.74, 6) is -0.507. The van der Waals surface area contributed by atoms with E-state index in [9.17, 15) is 14.4 Å². The number of Topliss-reactive ketones (excluding diaryl/α,β-unsaturated/α-hetero) is 2. The molecule has 0 unspecified atom stereocenters. The average Bonchev–Trinajstić information content (AvgIpc) is 3.05. The fourth-order valence-electron chi connectivity index (χ4n) is 5.09. The summed E-state index contributed by atoms with van der Waals surface area (Å²) >= 11 is 0. The molecule has 164 valence electrons. The molecule has 1 spiro atoms. The smallest absolute Gasteiger partial charge is 0.337 e. The summed E-state index contributed by atoms with van der Waals surface area (Å²) < 4.78 is 4.93. The predicted molar refractivity (Wildman–Crippen MR) is 124 cm³/mol. The lowest BCUT2D eigenvalue weighted by molar-refractivity contribution is -0.135. The van der Waals surface area contributed by atoms with Gasteiger partial charge in [0.25, 0.3) is 0 Å². The SMILES string of the molecule is COC(=O)c1ccc2c(c1)C(CCc1ccccc1)=C(C=C(C)C)C21C(=O)CCCC1=O. The van der Waals surface area contributed by atoms with Gasteiger partial charge >= 0.3 is 5.97 Å². The zero-order chi connectivity index (χ0) is 22.9. The van der Waals surface area contributed by atoms with E-state index in [-0.39, 0.29) is 11.6 Å². The summed E-state index contributed by atoms with van der Waals surface area (Å²) in [6.07, 6.45) is 4.81. The van der Waals surface area contributed by atoms with Gasteiger partial charge in [-0.3, -0.25) is 9.59 Å². The Kier molecular flexibility index (Phi) is 5.96. The molecule has 2 aromatic carbocycles. The van der Waals surface area contributed by atoms with Crippen molar-refractivity contribution < 1.29 is 19.1 Å². The second-order valence-electron chi connectivity index (χ2n) is 8.80. The lowest BCUT2D eigenvalue weighted by atomic mass is 9.64. The Morgan fingerprint density at radius 1 is 1.00 bits per heavy atom. The van der Waals surface area contributed by atoms with Crippen LogP contribution in [0.15, 0.2) is 65.8 Å². The van der Waals surface area contributed by atoms with Crippen LogP contribution >= 0.6 is 0 Å². The Morgan fingerprint density at radius 3 is 2.31 bits per heavy atom. The number of allylic oxidation sites excluding steroid dienone is 4. The summed E-state index contributed by atoms with van der Waals surface area (Å²) in [5, 5.41) is 0. The van der Waals surface area contributed by atoms with Gasteiger partial charge in [0.2, 0.25) is 0 Å². The number of ether oxygens (including phenoxy) is 1. The van der Waals surface area contributed by atoms with Gasteiger partial charge in [0.1, 0.15) is 5.41 Å². The lowest BCUT2D eigenvalue weighted by Gasteiger charge is -2.33. The van der Waals surface area contributed by atoms with Gasteiger partial charge in [-0.1, -0.05) is 48.0 Å². The third-order valence-electron chi connectivity index (χ3n) is 6.48. The summed E-state index contributed by atoms with van der Waals surface area (Å²) in [6.45, 7) is 3.96. The van der Waals surface area contributed by atoms with E-state index in [1.807, 2.05) is 38.1 Å². The number of methoxy groups -OCH3 is 1. The Bertz CT molecular complexity index is 1130. The molecule has 1 saturated carbocycles. The Hall–Kier alpha value is -3.27. The number of aryl methyl sites for hydroxylation is 1. The first kappa shape index (κ1) is 21.9. The molecule has 2 aliphatic rings. The van der Waals surface area contributed by atoms with Crippen LogP contribution in [0.1, 0.15) is 66.6 Å². The molecule has 4 nitrogen and oxygen atoms in total. The number of hydrogen-bond acceptors (Lipinski definition) is 4. The van der Waals surface area contributed by atoms with Crippen LogP contribution < -0.4 is 0 Å². The van der Waals surface area contributed by atoms with Crippen molar-refractivity contribution in [1.29, 1.82) is 0 Å². The summed E-state index contributed by atoms with van der Waals surface area (Å²) in [7, 11) is 1.35. The number of hydrogen-bond donors (Lipinski definition) is 0. The van der Waals surface area contributed by atoms with E-state index >= 15 is 0 Å². The van der Waals surface area contributed by atoms with Gasteiger partial charge in [-0.15, -0.1) is 0 Å². The molecule has 0 radical (unpaired) electrons. The van der Waals surface area contributed by atoms with Crippen LogP contribution in [0.3, 0.4) is 0 Å². The Morgan fingerprint density at radius 2 is 1.69 bits per heavy atom. The van der Waals surface area contributed by atoms with E-state index in [1.165, 1.54) is 12.7 Å². The predicted octanol–water partition coefficient (Wildman–Crippen LogP) is 5.40. The highest BCUT2D eigenvalue weighted by molar-refractivity contribution is 6.22. The van der Waals surface area contributed by atoms with Crippen molar-refractivity contribution in [3.63, 3.8) is 0 Å². The van der Waals surface area contributed by atoms with Gasteiger partial charge in [-0.25, -0.2) is 4.79 Å². The minimum Gasteiger partial charge on any atom is -0.465 e. The van der Waals surface area contributed by atoms with Crippen molar-refractivity contribution in [1.82, 2.24) is 0 Å². The minimum absolute atomic E-state index is 0.0389. The van der Waals surface area contributed by atoms with Gasteiger partial charge in [-0.2, -0.15) is 0 Å². The van der Waals surface area contributed by atoms with Crippen molar-refractivity contribution in [2.45, 2.75) is 51.4 Å². The molecule has 0 amide bonds. The Balaban J connectivity index is 1.95. The third-order valence-corrected chi connectivity index (χ3v) is 6.48. The molecule has 32 heavy (non-hydrogen) atoms. The zero-order valence-electron chi connectivity index (χ0n) is 18.9. The molecule has 0 heterocycles. The standard InChI is InChI=1S/C28H28O4/c1-18(2)16-24-21(14-12-19-8-5-4-6-9-19)22-17-20(27(31)32-3)13-15-23(22)28(24)25(29)10-7-11-26(28)30/h4-6,8-9,13,15-17H,7,10-12,14H2,1-3H3. The van der Waals surface area contributed by atoms with Gasteiger partial charge in [0.05, 0.1) is 12.7 Å². The number of carbonyl (C=O) groups excluding carboxylic acids is 3. The summed E-state index contributed by atoms with van der Waals surface area (Å²) in [6, 6.07) is 15.4. The maximum absolute atomic E-state index is 13.5. The quantitative estimate of drug-likeness (QED) is 0.473. The van der Waals surface area contributed by atoms with Crippen molar-refractivity contribution in [3.8, 4) is 0 Å². The number of fused-ring (bicyclic) bond motifs is 2. The number of esters is 1. The molecule has 0 saturated heterocycles. The molecular formula is C28H28O4. The fourth-order valence-corrected chi connectivity index (χ4v) is 5.09. The van der Waals surface area contributed by atoms with Crippen LogP contribution in [-0.4, -0.2) is 24.6 Å². The molecule has 4 heteroatoms. The van der Waals surface area contributed by atoms with Gasteiger partial charge in [0, 0.05) is 12.8 Å². The third kappa shape index (κ3) is 3.54. The van der Waals surface area contributed by atoms with E-state index in [2.05, 4.69) is 12.1 Å². The number of benzene rings is 2. The van der Waals surface area contributed by atoms with E-state index < -0.39 is 11.4 Å². The molecule has 0 aromatic heterocycles. The highest BCUT2D eigenvalue weighted by Gasteiger charge is 2.55. The highest BCUT2D eigenvalue weighted by Crippen LogP contribution is 2.53. The first-order valence-electron chi connectivity index (χ1n) is 11.1. The summed E-state index contributed by atoms with van der Waals surface area (Å²) in [4.78, 5) is 39.3. The molecule has 0 bridgehead atoms. The first-order chi connectivity index (χ1) is 15.4. The number of ketones is 2. The van der Waals surface area contributed by atoms with Crippen LogP contribution in [0.4, 0.5) is 0 Å². The van der Waals surface area contributed by atoms with Gasteiger partial charge < -0.3 is 4.74 Å². The van der Waals surface area contributed by atoms with E-state index in [4.69, 9.17) is 4.74 Å². The zero-order valence-corrected chi connectivity index (χ0v) is 18.9. The number of carbonyl (C=O) groups is 3. The van der Waals surface area contributed by atoms with Gasteiger partial charge in [-0.05, 0) is 73.1 Å². The maximum Gasteiger partial charge on any atom is 0.337 e. The van der Waals surface area contributed by atoms with Crippen LogP contribution in [0.5, 0.6) is 0 Å². The van der Waals surface area contributed by atoms with E-state index in [1.54, 1.807) is 18.2 Å². The fraction of sp³-hybridized carbons (Fsp3) is 0.321. The largest absolute Gasteiger partial charge is 0.465 e. The van der Waals surface area contributed by atoms with Crippen LogP contribution in [0, 0.1) is 0 Å². The first-order valence-corrected chi connectivity index (χ1v) is 11.1. The molecule has 1 fully saturated rings. The molecule has 0 atom stereocenters. The van der Waals surface area contributed by atoms with Crippen molar-refractivity contribution in [2.24, 2.45) is 0 Å². The van der Waals surface area contributed by atoms with Crippen LogP contribution in [0.25, 0.3) is 5.57 Å². The molecule has 2 aromatic rings. The molecule has 4 rings (SSSR count). The molecule has 0 N–H and O–H groups in total. The van der Waals surface area contributed by atoms with Crippen molar-refractivity contribution in [3.05, 3.63) is 88.0 Å². The normalized spacial score (nSPS) is 16.8. The molecule has 2 aliphatic carbocycles. The number of rotatable bonds is 5. The topological polar surface area (TPSA) is 60.4 Å². The maximum atomic E-state index is 13.5. The monoisotopic (exact) mass is 428 g/mol. The molecule has 0 aliphatic heterocycles. The van der Waals surface area contributed by atoms with Gasteiger partial charge in [0.15, 0.2) is 11.6 Å². The second-order valence-corrected chi connectivity index (χ2v) is 8.80. The second kappa shape index (κ2) is 8.70. The van der Waals surface area contributed by atoms with E-state index in [0.717, 1.165) is 34.3 Å². The highest BCUT2D eigenvalue weighted by atomic mass is 16.5.